The maximum absolute atomic E-state index is 13.4. The smallest absolute Gasteiger partial charge is 0.284 e. The Morgan fingerprint density at radius 2 is 1.94 bits per heavy atom. The lowest BCUT2D eigenvalue weighted by atomic mass is 10.2. The van der Waals surface area contributed by atoms with Gasteiger partial charge in [0.2, 0.25) is 5.95 Å². The summed E-state index contributed by atoms with van der Waals surface area (Å²) in [5, 5.41) is 14.5. The fourth-order valence-corrected chi connectivity index (χ4v) is 3.57. The van der Waals surface area contributed by atoms with Crippen LogP contribution in [0.3, 0.4) is 0 Å². The van der Waals surface area contributed by atoms with Crippen LogP contribution >= 0.6 is 11.6 Å². The predicted molar refractivity (Wildman–Crippen MR) is 118 cm³/mol. The molecule has 3 heterocycles. The zero-order chi connectivity index (χ0) is 22.1. The van der Waals surface area contributed by atoms with Gasteiger partial charge in [-0.25, -0.2) is 4.52 Å². The monoisotopic (exact) mass is 435 g/mol. The number of para-hydroxylation sites is 1. The molecule has 4 aromatic rings. The maximum Gasteiger partial charge on any atom is 0.284 e. The van der Waals surface area contributed by atoms with Crippen LogP contribution in [0, 0.1) is 11.3 Å². The van der Waals surface area contributed by atoms with Crippen LogP contribution in [-0.4, -0.2) is 30.7 Å². The van der Waals surface area contributed by atoms with E-state index in [9.17, 15) is 10.1 Å². The lowest BCUT2D eigenvalue weighted by Crippen LogP contribution is -2.32. The third-order valence-electron chi connectivity index (χ3n) is 4.78. The molecule has 156 valence electrons. The summed E-state index contributed by atoms with van der Waals surface area (Å²) in [7, 11) is 0. The Balaban J connectivity index is 1.92. The molecule has 31 heavy (non-hydrogen) atoms. The first-order valence-electron chi connectivity index (χ1n) is 9.36. The quantitative estimate of drug-likeness (QED) is 0.484. The Morgan fingerprint density at radius 3 is 2.61 bits per heavy atom. The number of fused-ring (bicyclic) bond motifs is 1. The summed E-state index contributed by atoms with van der Waals surface area (Å²) in [6.45, 7) is 2.47. The summed E-state index contributed by atoms with van der Waals surface area (Å²) in [5.74, 6) is 0.627. The van der Waals surface area contributed by atoms with E-state index in [4.69, 9.17) is 23.1 Å². The van der Waals surface area contributed by atoms with Gasteiger partial charge in [-0.1, -0.05) is 29.8 Å². The van der Waals surface area contributed by atoms with Crippen molar-refractivity contribution in [1.82, 2.24) is 24.1 Å². The van der Waals surface area contributed by atoms with E-state index in [0.29, 0.717) is 23.1 Å². The summed E-state index contributed by atoms with van der Waals surface area (Å²) in [6.07, 6.45) is 1.62. The van der Waals surface area contributed by atoms with Gasteiger partial charge in [0.25, 0.3) is 5.56 Å². The summed E-state index contributed by atoms with van der Waals surface area (Å²) in [4.78, 5) is 23.2. The van der Waals surface area contributed by atoms with E-state index in [-0.39, 0.29) is 40.8 Å². The highest BCUT2D eigenvalue weighted by Crippen LogP contribution is 2.24. The molecule has 10 nitrogen and oxygen atoms in total. The fraction of sp³-hybridized carbons (Fsp3) is 0.150. The third kappa shape index (κ3) is 3.51. The second-order valence-corrected chi connectivity index (χ2v) is 7.05. The van der Waals surface area contributed by atoms with Crippen molar-refractivity contribution >= 4 is 34.7 Å². The zero-order valence-corrected chi connectivity index (χ0v) is 17.3. The summed E-state index contributed by atoms with van der Waals surface area (Å²) < 4.78 is 2.94. The summed E-state index contributed by atoms with van der Waals surface area (Å²) in [5.41, 5.74) is 12.3. The SMILES string of the molecule is CCN(Cc1nn2ccc(Cl)c2c(=O)n1-c1ccccc1)c1nc(N)nc(N)c1C#N. The van der Waals surface area contributed by atoms with Gasteiger partial charge in [-0.15, -0.1) is 0 Å². The second-order valence-electron chi connectivity index (χ2n) is 6.64. The van der Waals surface area contributed by atoms with Gasteiger partial charge in [-0.3, -0.25) is 9.36 Å². The Morgan fingerprint density at radius 1 is 1.19 bits per heavy atom. The van der Waals surface area contributed by atoms with Gasteiger partial charge >= 0.3 is 0 Å². The molecule has 0 aliphatic rings. The highest BCUT2D eigenvalue weighted by Gasteiger charge is 2.21. The molecule has 0 spiro atoms. The number of halogens is 1. The van der Waals surface area contributed by atoms with E-state index in [1.165, 1.54) is 9.08 Å². The van der Waals surface area contributed by atoms with Crippen LogP contribution < -0.4 is 21.9 Å². The standard InChI is InChI=1S/C20H18ClN9O/c1-2-28(18-13(10-22)17(23)25-20(24)26-18)11-15-27-29-9-8-14(21)16(29)19(31)30(15)12-6-4-3-5-7-12/h3-9H,2,11H2,1H3,(H4,23,24,25,26). The zero-order valence-electron chi connectivity index (χ0n) is 16.5. The molecule has 0 saturated heterocycles. The molecule has 0 amide bonds. The molecule has 0 atom stereocenters. The minimum Gasteiger partial charge on any atom is -0.382 e. The van der Waals surface area contributed by atoms with E-state index in [1.807, 2.05) is 31.2 Å². The molecule has 1 aromatic carbocycles. The number of nitrogen functional groups attached to an aromatic ring is 2. The van der Waals surface area contributed by atoms with Gasteiger partial charge in [0.05, 0.1) is 17.3 Å². The third-order valence-corrected chi connectivity index (χ3v) is 5.08. The van der Waals surface area contributed by atoms with Gasteiger partial charge in [0, 0.05) is 12.7 Å². The number of benzene rings is 1. The van der Waals surface area contributed by atoms with E-state index < -0.39 is 0 Å². The van der Waals surface area contributed by atoms with Crippen LogP contribution in [0.25, 0.3) is 11.2 Å². The number of nitrogens with zero attached hydrogens (tertiary/aromatic N) is 7. The minimum absolute atomic E-state index is 0.00972. The summed E-state index contributed by atoms with van der Waals surface area (Å²) in [6, 6.07) is 12.8. The van der Waals surface area contributed by atoms with E-state index in [1.54, 1.807) is 29.3 Å². The average Bonchev–Trinajstić information content (AvgIpc) is 3.13. The lowest BCUT2D eigenvalue weighted by molar-refractivity contribution is 0.683. The average molecular weight is 436 g/mol. The number of hydrogen-bond acceptors (Lipinski definition) is 8. The molecule has 4 rings (SSSR count). The fourth-order valence-electron chi connectivity index (χ4n) is 3.35. The number of hydrogen-bond donors (Lipinski definition) is 2. The number of nitriles is 1. The van der Waals surface area contributed by atoms with Crippen molar-refractivity contribution in [2.45, 2.75) is 13.5 Å². The molecule has 0 unspecified atom stereocenters. The van der Waals surface area contributed by atoms with Crippen molar-refractivity contribution < 1.29 is 0 Å². The van der Waals surface area contributed by atoms with E-state index in [0.717, 1.165) is 0 Å². The molecule has 0 bridgehead atoms. The molecule has 0 saturated carbocycles. The Bertz CT molecular complexity index is 1370. The van der Waals surface area contributed by atoms with Crippen molar-refractivity contribution in [2.75, 3.05) is 22.9 Å². The Labute approximate surface area is 181 Å². The van der Waals surface area contributed by atoms with Crippen LogP contribution in [0.15, 0.2) is 47.4 Å². The predicted octanol–water partition coefficient (Wildman–Crippen LogP) is 1.99. The Kier molecular flexibility index (Phi) is 5.19. The van der Waals surface area contributed by atoms with Gasteiger partial charge in [0.15, 0.2) is 11.6 Å². The molecule has 4 N–H and O–H groups in total. The number of rotatable bonds is 5. The van der Waals surface area contributed by atoms with E-state index >= 15 is 0 Å². The Hall–Kier alpha value is -4.10. The lowest BCUT2D eigenvalue weighted by Gasteiger charge is -2.24. The number of nitrogens with two attached hydrogens (primary N) is 2. The van der Waals surface area contributed by atoms with Crippen molar-refractivity contribution in [1.29, 1.82) is 5.26 Å². The first kappa shape index (κ1) is 20.2. The van der Waals surface area contributed by atoms with E-state index in [2.05, 4.69) is 15.1 Å². The van der Waals surface area contributed by atoms with Crippen LogP contribution in [-0.2, 0) is 6.54 Å². The van der Waals surface area contributed by atoms with Gasteiger partial charge in [0.1, 0.15) is 23.0 Å². The minimum atomic E-state index is -0.315. The van der Waals surface area contributed by atoms with Crippen LogP contribution in [0.4, 0.5) is 17.6 Å². The maximum atomic E-state index is 13.4. The molecular weight excluding hydrogens is 418 g/mol. The van der Waals surface area contributed by atoms with Crippen molar-refractivity contribution in [3.63, 3.8) is 0 Å². The van der Waals surface area contributed by atoms with Crippen molar-refractivity contribution in [3.8, 4) is 11.8 Å². The van der Waals surface area contributed by atoms with Crippen LogP contribution in [0.1, 0.15) is 18.3 Å². The molecule has 0 aliphatic heterocycles. The van der Waals surface area contributed by atoms with Crippen LogP contribution in [0.2, 0.25) is 5.02 Å². The van der Waals surface area contributed by atoms with Gasteiger partial charge < -0.3 is 16.4 Å². The largest absolute Gasteiger partial charge is 0.382 e. The van der Waals surface area contributed by atoms with Crippen molar-refractivity contribution in [2.24, 2.45) is 0 Å². The highest BCUT2D eigenvalue weighted by atomic mass is 35.5. The topological polar surface area (TPSA) is 144 Å². The highest BCUT2D eigenvalue weighted by molar-refractivity contribution is 6.33. The molecule has 11 heteroatoms. The van der Waals surface area contributed by atoms with Crippen LogP contribution in [0.5, 0.6) is 0 Å². The van der Waals surface area contributed by atoms with Gasteiger partial charge in [-0.2, -0.15) is 20.3 Å². The molecule has 0 radical (unpaired) electrons. The van der Waals surface area contributed by atoms with Crippen molar-refractivity contribution in [3.05, 3.63) is 69.4 Å². The number of aromatic nitrogens is 5. The molecule has 3 aromatic heterocycles. The molecule has 0 aliphatic carbocycles. The first-order valence-corrected chi connectivity index (χ1v) is 9.74. The number of anilines is 3. The second kappa shape index (κ2) is 7.97. The molecular formula is C20H18ClN9O. The summed E-state index contributed by atoms with van der Waals surface area (Å²) >= 11 is 6.23. The normalized spacial score (nSPS) is 10.9. The first-order chi connectivity index (χ1) is 14.9. The molecule has 0 fully saturated rings. The van der Waals surface area contributed by atoms with Gasteiger partial charge in [-0.05, 0) is 25.1 Å².